The molecule has 7 nitrogen and oxygen atoms in total. The fourth-order valence-electron chi connectivity index (χ4n) is 2.30. The van der Waals surface area contributed by atoms with Crippen LogP contribution in [0, 0.1) is 12.7 Å². The van der Waals surface area contributed by atoms with Crippen molar-refractivity contribution in [2.45, 2.75) is 6.92 Å². The molecule has 0 aliphatic heterocycles. The van der Waals surface area contributed by atoms with Gasteiger partial charge >= 0.3 is 5.91 Å². The summed E-state index contributed by atoms with van der Waals surface area (Å²) in [6.45, 7) is 2.20. The molecule has 1 amide bonds. The average molecular weight is 344 g/mol. The van der Waals surface area contributed by atoms with Crippen LogP contribution in [0.2, 0.25) is 0 Å². The van der Waals surface area contributed by atoms with Crippen molar-refractivity contribution in [2.24, 2.45) is 5.73 Å². The number of pyridine rings is 1. The van der Waals surface area contributed by atoms with Crippen LogP contribution in [0.25, 0.3) is 11.0 Å². The number of nitrogens with zero attached hydrogens (tertiary/aromatic N) is 1. The number of furan rings is 1. The Kier molecular flexibility index (Phi) is 4.92. The van der Waals surface area contributed by atoms with E-state index in [0.29, 0.717) is 16.7 Å². The monoisotopic (exact) mass is 344 g/mol. The van der Waals surface area contributed by atoms with Crippen LogP contribution < -0.4 is 16.5 Å². The molecule has 0 aliphatic rings. The lowest BCUT2D eigenvalue weighted by molar-refractivity contribution is 0.0323. The highest BCUT2D eigenvalue weighted by molar-refractivity contribution is 6.06. The van der Waals surface area contributed by atoms with Crippen molar-refractivity contribution in [3.8, 4) is 0 Å². The average Bonchev–Trinajstić information content (AvgIpc) is 2.96. The van der Waals surface area contributed by atoms with Gasteiger partial charge in [0.05, 0.1) is 17.7 Å². The van der Waals surface area contributed by atoms with Crippen molar-refractivity contribution < 1.29 is 18.4 Å². The van der Waals surface area contributed by atoms with E-state index in [1.807, 2.05) is 0 Å². The molecular weight excluding hydrogens is 327 g/mol. The third-order valence-corrected chi connectivity index (χ3v) is 3.46. The van der Waals surface area contributed by atoms with E-state index in [-0.39, 0.29) is 24.6 Å². The maximum Gasteiger partial charge on any atom is 0.312 e. The lowest BCUT2D eigenvalue weighted by atomic mass is 10.2. The Morgan fingerprint density at radius 2 is 2.24 bits per heavy atom. The van der Waals surface area contributed by atoms with Gasteiger partial charge in [0, 0.05) is 18.9 Å². The molecular formula is C17H17FN4O3. The van der Waals surface area contributed by atoms with Crippen LogP contribution >= 0.6 is 0 Å². The van der Waals surface area contributed by atoms with Gasteiger partial charge in [0.25, 0.3) is 0 Å². The molecule has 2 heterocycles. The van der Waals surface area contributed by atoms with Crippen molar-refractivity contribution in [1.29, 1.82) is 0 Å². The summed E-state index contributed by atoms with van der Waals surface area (Å²) >= 11 is 0. The van der Waals surface area contributed by atoms with Gasteiger partial charge < -0.3 is 15.5 Å². The second-order valence-corrected chi connectivity index (χ2v) is 5.35. The fourth-order valence-corrected chi connectivity index (χ4v) is 2.30. The standard InChI is InChI=1S/C17H17FN4O3/c1-10-2-3-13(12(18)8-10)21-15-11-9-20-6-4-14(11)25-16(15)17(23)22-24-7-5-19/h2-4,6,8-9,21H,5,7,19H2,1H3,(H,22,23). The van der Waals surface area contributed by atoms with Crippen molar-refractivity contribution in [2.75, 3.05) is 18.5 Å². The third kappa shape index (κ3) is 3.59. The molecule has 3 aromatic rings. The largest absolute Gasteiger partial charge is 0.448 e. The lowest BCUT2D eigenvalue weighted by Crippen LogP contribution is -2.26. The number of fused-ring (bicyclic) bond motifs is 1. The SMILES string of the molecule is Cc1ccc(Nc2c(C(=O)NOCCN)oc3ccncc23)c(F)c1. The second kappa shape index (κ2) is 7.29. The van der Waals surface area contributed by atoms with Gasteiger partial charge in [-0.2, -0.15) is 0 Å². The first-order valence-electron chi connectivity index (χ1n) is 7.62. The lowest BCUT2D eigenvalue weighted by Gasteiger charge is -2.09. The van der Waals surface area contributed by atoms with E-state index < -0.39 is 11.7 Å². The zero-order chi connectivity index (χ0) is 17.8. The van der Waals surface area contributed by atoms with Crippen LogP contribution in [0.3, 0.4) is 0 Å². The molecule has 25 heavy (non-hydrogen) atoms. The minimum absolute atomic E-state index is 0.0417. The molecule has 0 atom stereocenters. The topological polar surface area (TPSA) is 102 Å². The minimum Gasteiger partial charge on any atom is -0.448 e. The minimum atomic E-state index is -0.611. The molecule has 0 unspecified atom stereocenters. The summed E-state index contributed by atoms with van der Waals surface area (Å²) in [5.74, 6) is -1.09. The van der Waals surface area contributed by atoms with E-state index in [4.69, 9.17) is 15.0 Å². The van der Waals surface area contributed by atoms with Gasteiger partial charge in [-0.15, -0.1) is 0 Å². The number of aryl methyl sites for hydroxylation is 1. The first-order chi connectivity index (χ1) is 12.1. The van der Waals surface area contributed by atoms with Crippen molar-refractivity contribution in [1.82, 2.24) is 10.5 Å². The zero-order valence-corrected chi connectivity index (χ0v) is 13.5. The zero-order valence-electron chi connectivity index (χ0n) is 13.5. The summed E-state index contributed by atoms with van der Waals surface area (Å²) in [7, 11) is 0. The first-order valence-corrected chi connectivity index (χ1v) is 7.62. The van der Waals surface area contributed by atoms with E-state index in [1.165, 1.54) is 18.5 Å². The molecule has 0 spiro atoms. The van der Waals surface area contributed by atoms with Crippen molar-refractivity contribution in [3.63, 3.8) is 0 Å². The number of hydroxylamine groups is 1. The Bertz CT molecular complexity index is 910. The maximum absolute atomic E-state index is 14.2. The number of nitrogens with two attached hydrogens (primary N) is 1. The third-order valence-electron chi connectivity index (χ3n) is 3.46. The van der Waals surface area contributed by atoms with Gasteiger partial charge in [0.15, 0.2) is 0 Å². The van der Waals surface area contributed by atoms with E-state index in [2.05, 4.69) is 15.8 Å². The van der Waals surface area contributed by atoms with E-state index >= 15 is 0 Å². The summed E-state index contributed by atoms with van der Waals surface area (Å²) < 4.78 is 19.8. The number of hydrogen-bond donors (Lipinski definition) is 3. The Hall–Kier alpha value is -2.97. The fraction of sp³-hybridized carbons (Fsp3) is 0.176. The highest BCUT2D eigenvalue weighted by Gasteiger charge is 2.22. The normalized spacial score (nSPS) is 10.8. The maximum atomic E-state index is 14.2. The molecule has 3 rings (SSSR count). The summed E-state index contributed by atoms with van der Waals surface area (Å²) in [5.41, 5.74) is 9.31. The van der Waals surface area contributed by atoms with E-state index in [0.717, 1.165) is 5.56 Å². The number of rotatable bonds is 6. The molecule has 0 saturated carbocycles. The van der Waals surface area contributed by atoms with Crippen LogP contribution in [0.5, 0.6) is 0 Å². The summed E-state index contributed by atoms with van der Waals surface area (Å²) in [6.07, 6.45) is 3.07. The van der Waals surface area contributed by atoms with Gasteiger partial charge in [-0.25, -0.2) is 9.87 Å². The first kappa shape index (κ1) is 16.9. The van der Waals surface area contributed by atoms with Gasteiger partial charge in [0.2, 0.25) is 5.76 Å². The van der Waals surface area contributed by atoms with Crippen LogP contribution in [-0.4, -0.2) is 24.0 Å². The van der Waals surface area contributed by atoms with Crippen LogP contribution in [-0.2, 0) is 4.84 Å². The van der Waals surface area contributed by atoms with E-state index in [1.54, 1.807) is 25.1 Å². The number of carbonyl (C=O) groups is 1. The Balaban J connectivity index is 1.99. The molecule has 2 aromatic heterocycles. The van der Waals surface area contributed by atoms with Gasteiger partial charge in [-0.3, -0.25) is 14.6 Å². The summed E-state index contributed by atoms with van der Waals surface area (Å²) in [5, 5.41) is 3.46. The number of aromatic nitrogens is 1. The molecule has 4 N–H and O–H groups in total. The number of halogens is 1. The number of hydrogen-bond acceptors (Lipinski definition) is 6. The van der Waals surface area contributed by atoms with E-state index in [9.17, 15) is 9.18 Å². The summed E-state index contributed by atoms with van der Waals surface area (Å²) in [4.78, 5) is 21.3. The van der Waals surface area contributed by atoms with Gasteiger partial charge in [-0.1, -0.05) is 6.07 Å². The highest BCUT2D eigenvalue weighted by Crippen LogP contribution is 2.33. The molecule has 0 radical (unpaired) electrons. The Morgan fingerprint density at radius 1 is 1.40 bits per heavy atom. The molecule has 0 saturated heterocycles. The Labute approximate surface area is 142 Å². The molecule has 0 aliphatic carbocycles. The van der Waals surface area contributed by atoms with Crippen LogP contribution in [0.1, 0.15) is 16.1 Å². The van der Waals surface area contributed by atoms with Crippen molar-refractivity contribution in [3.05, 3.63) is 53.8 Å². The molecule has 130 valence electrons. The van der Waals surface area contributed by atoms with Gasteiger partial charge in [-0.05, 0) is 30.7 Å². The second-order valence-electron chi connectivity index (χ2n) is 5.35. The summed E-state index contributed by atoms with van der Waals surface area (Å²) in [6, 6.07) is 6.36. The predicted octanol–water partition coefficient (Wildman–Crippen LogP) is 2.64. The number of nitrogens with one attached hydrogen (secondary N) is 2. The number of benzene rings is 1. The van der Waals surface area contributed by atoms with Gasteiger partial charge in [0.1, 0.15) is 17.1 Å². The number of amides is 1. The highest BCUT2D eigenvalue weighted by atomic mass is 19.1. The quantitative estimate of drug-likeness (QED) is 0.469. The Morgan fingerprint density at radius 3 is 3.00 bits per heavy atom. The predicted molar refractivity (Wildman–Crippen MR) is 90.9 cm³/mol. The van der Waals surface area contributed by atoms with Crippen LogP contribution in [0.4, 0.5) is 15.8 Å². The molecule has 0 bridgehead atoms. The number of anilines is 2. The molecule has 0 fully saturated rings. The van der Waals surface area contributed by atoms with Crippen molar-refractivity contribution >= 4 is 28.3 Å². The number of carbonyl (C=O) groups excluding carboxylic acids is 1. The van der Waals surface area contributed by atoms with Crippen LogP contribution in [0.15, 0.2) is 41.1 Å². The molecule has 1 aromatic carbocycles. The smallest absolute Gasteiger partial charge is 0.312 e. The molecule has 8 heteroatoms.